The lowest BCUT2D eigenvalue weighted by Crippen LogP contribution is -1.99. The maximum Gasteiger partial charge on any atom is 0.216 e. The van der Waals surface area contributed by atoms with Crippen molar-refractivity contribution < 1.29 is 4.74 Å². The first kappa shape index (κ1) is 14.4. The van der Waals surface area contributed by atoms with E-state index in [9.17, 15) is 0 Å². The Labute approximate surface area is 98.7 Å². The molecule has 0 fully saturated rings. The Morgan fingerprint density at radius 2 is 1.94 bits per heavy atom. The van der Waals surface area contributed by atoms with E-state index in [1.165, 1.54) is 0 Å². The number of aromatic nitrogens is 1. The minimum atomic E-state index is 0.623. The zero-order valence-electron chi connectivity index (χ0n) is 10.7. The summed E-state index contributed by atoms with van der Waals surface area (Å²) in [5.74, 6) is 0.674. The molecule has 2 nitrogen and oxygen atoms in total. The summed E-state index contributed by atoms with van der Waals surface area (Å²) < 4.78 is 5.39. The van der Waals surface area contributed by atoms with Crippen LogP contribution in [0.3, 0.4) is 0 Å². The second-order valence-corrected chi connectivity index (χ2v) is 2.93. The Hall–Kier alpha value is -1.57. The Morgan fingerprint density at radius 3 is 2.38 bits per heavy atom. The highest BCUT2D eigenvalue weighted by molar-refractivity contribution is 5.62. The number of ether oxygens (including phenoxy) is 1. The summed E-state index contributed by atoms with van der Waals surface area (Å²) in [5, 5.41) is 0. The van der Waals surface area contributed by atoms with Gasteiger partial charge in [0.2, 0.25) is 5.88 Å². The van der Waals surface area contributed by atoms with Crippen LogP contribution in [0.5, 0.6) is 5.88 Å². The predicted molar refractivity (Wildman–Crippen MR) is 71.7 cm³/mol. The van der Waals surface area contributed by atoms with E-state index in [4.69, 9.17) is 4.74 Å². The fourth-order valence-electron chi connectivity index (χ4n) is 1.24. The molecular weight excluding hydrogens is 198 g/mol. The molecule has 0 atom stereocenters. The Morgan fingerprint density at radius 1 is 1.31 bits per heavy atom. The fourth-order valence-corrected chi connectivity index (χ4v) is 1.24. The predicted octanol–water partition coefficient (Wildman–Crippen LogP) is 4.10. The quantitative estimate of drug-likeness (QED) is 0.760. The fraction of sp³-hybridized carbons (Fsp3) is 0.357. The number of hydrogen-bond donors (Lipinski definition) is 0. The van der Waals surface area contributed by atoms with Crippen LogP contribution in [0, 0.1) is 6.92 Å². The molecule has 0 spiro atoms. The van der Waals surface area contributed by atoms with Crippen LogP contribution in [0.1, 0.15) is 37.6 Å². The van der Waals surface area contributed by atoms with Crippen LogP contribution in [0.25, 0.3) is 12.2 Å². The minimum Gasteiger partial charge on any atom is -0.478 e. The standard InChI is InChI=1S/C12H15NO.C2H6/c1-5-10-8-9(4)12(14-7-3)13-11(10)6-2;1-2/h5-6,8H,1-2,7H2,3-4H3;1-2H3. The van der Waals surface area contributed by atoms with Crippen LogP contribution in [0.15, 0.2) is 19.2 Å². The van der Waals surface area contributed by atoms with E-state index in [-0.39, 0.29) is 0 Å². The number of nitrogens with zero attached hydrogens (tertiary/aromatic N) is 1. The van der Waals surface area contributed by atoms with Crippen molar-refractivity contribution in [2.75, 3.05) is 6.61 Å². The summed E-state index contributed by atoms with van der Waals surface area (Å²) in [6.45, 7) is 16.0. The molecule has 1 heterocycles. The summed E-state index contributed by atoms with van der Waals surface area (Å²) >= 11 is 0. The zero-order chi connectivity index (χ0) is 12.6. The summed E-state index contributed by atoms with van der Waals surface area (Å²) in [6.07, 6.45) is 3.48. The van der Waals surface area contributed by atoms with Gasteiger partial charge >= 0.3 is 0 Å². The zero-order valence-corrected chi connectivity index (χ0v) is 10.7. The Kier molecular flexibility index (Phi) is 6.93. The first-order chi connectivity index (χ1) is 7.72. The molecule has 0 aliphatic rings. The largest absolute Gasteiger partial charge is 0.478 e. The van der Waals surface area contributed by atoms with Crippen LogP contribution in [-0.2, 0) is 0 Å². The van der Waals surface area contributed by atoms with E-state index in [0.717, 1.165) is 16.8 Å². The molecule has 16 heavy (non-hydrogen) atoms. The molecule has 0 bridgehead atoms. The van der Waals surface area contributed by atoms with Gasteiger partial charge in [0, 0.05) is 11.1 Å². The number of rotatable bonds is 4. The molecule has 1 aromatic rings. The Balaban J connectivity index is 0.00000106. The van der Waals surface area contributed by atoms with E-state index < -0.39 is 0 Å². The van der Waals surface area contributed by atoms with Crippen LogP contribution in [0.4, 0.5) is 0 Å². The molecule has 1 aromatic heterocycles. The first-order valence-corrected chi connectivity index (χ1v) is 5.62. The Bertz CT molecular complexity index is 356. The van der Waals surface area contributed by atoms with Crippen molar-refractivity contribution in [1.82, 2.24) is 4.98 Å². The van der Waals surface area contributed by atoms with E-state index in [1.807, 2.05) is 33.8 Å². The van der Waals surface area contributed by atoms with Crippen LogP contribution in [-0.4, -0.2) is 11.6 Å². The van der Waals surface area contributed by atoms with Gasteiger partial charge < -0.3 is 4.74 Å². The minimum absolute atomic E-state index is 0.623. The van der Waals surface area contributed by atoms with E-state index in [2.05, 4.69) is 18.1 Å². The molecule has 0 unspecified atom stereocenters. The van der Waals surface area contributed by atoms with Gasteiger partial charge in [0.25, 0.3) is 0 Å². The topological polar surface area (TPSA) is 22.1 Å². The van der Waals surface area contributed by atoms with E-state index in [1.54, 1.807) is 12.2 Å². The lowest BCUT2D eigenvalue weighted by atomic mass is 10.1. The van der Waals surface area contributed by atoms with Gasteiger partial charge in [0.1, 0.15) is 0 Å². The van der Waals surface area contributed by atoms with Crippen LogP contribution < -0.4 is 4.74 Å². The number of hydrogen-bond acceptors (Lipinski definition) is 2. The molecule has 0 saturated carbocycles. The average molecular weight is 219 g/mol. The van der Waals surface area contributed by atoms with Gasteiger partial charge in [-0.15, -0.1) is 0 Å². The van der Waals surface area contributed by atoms with Gasteiger partial charge in [-0.2, -0.15) is 0 Å². The van der Waals surface area contributed by atoms with Gasteiger partial charge in [-0.1, -0.05) is 33.1 Å². The molecule has 2 heteroatoms. The molecule has 88 valence electrons. The van der Waals surface area contributed by atoms with E-state index in [0.29, 0.717) is 12.5 Å². The van der Waals surface area contributed by atoms with Gasteiger partial charge in [-0.3, -0.25) is 0 Å². The molecule has 0 aromatic carbocycles. The third kappa shape index (κ3) is 3.54. The highest BCUT2D eigenvalue weighted by Gasteiger charge is 2.05. The second-order valence-electron chi connectivity index (χ2n) is 2.93. The SMILES string of the molecule is C=Cc1cc(C)c(OCC)nc1C=C.CC. The van der Waals surface area contributed by atoms with Crippen molar-refractivity contribution in [3.63, 3.8) is 0 Å². The van der Waals surface area contributed by atoms with Crippen LogP contribution >= 0.6 is 0 Å². The third-order valence-corrected chi connectivity index (χ3v) is 1.92. The van der Waals surface area contributed by atoms with Gasteiger partial charge in [-0.25, -0.2) is 4.98 Å². The maximum absolute atomic E-state index is 5.39. The van der Waals surface area contributed by atoms with Gasteiger partial charge in [0.05, 0.1) is 12.3 Å². The van der Waals surface area contributed by atoms with Crippen molar-refractivity contribution in [3.05, 3.63) is 36.0 Å². The molecule has 0 radical (unpaired) electrons. The van der Waals surface area contributed by atoms with Crippen molar-refractivity contribution in [2.24, 2.45) is 0 Å². The van der Waals surface area contributed by atoms with Crippen molar-refractivity contribution in [1.29, 1.82) is 0 Å². The molecule has 1 rings (SSSR count). The molecule has 0 saturated heterocycles. The van der Waals surface area contributed by atoms with Gasteiger partial charge in [-0.05, 0) is 26.0 Å². The molecular formula is C14H21NO. The third-order valence-electron chi connectivity index (χ3n) is 1.92. The highest BCUT2D eigenvalue weighted by atomic mass is 16.5. The number of pyridine rings is 1. The molecule has 0 N–H and O–H groups in total. The monoisotopic (exact) mass is 219 g/mol. The second kappa shape index (κ2) is 7.69. The van der Waals surface area contributed by atoms with Gasteiger partial charge in [0.15, 0.2) is 0 Å². The lowest BCUT2D eigenvalue weighted by molar-refractivity contribution is 0.324. The number of aryl methyl sites for hydroxylation is 1. The van der Waals surface area contributed by atoms with Crippen molar-refractivity contribution in [2.45, 2.75) is 27.7 Å². The average Bonchev–Trinajstić information content (AvgIpc) is 2.34. The summed E-state index contributed by atoms with van der Waals surface area (Å²) in [4.78, 5) is 4.34. The van der Waals surface area contributed by atoms with Crippen molar-refractivity contribution >= 4 is 12.2 Å². The molecule has 0 amide bonds. The molecule has 0 aliphatic carbocycles. The van der Waals surface area contributed by atoms with Crippen molar-refractivity contribution in [3.8, 4) is 5.88 Å². The molecule has 0 aliphatic heterocycles. The lowest BCUT2D eigenvalue weighted by Gasteiger charge is -2.08. The highest BCUT2D eigenvalue weighted by Crippen LogP contribution is 2.20. The van der Waals surface area contributed by atoms with Crippen LogP contribution in [0.2, 0.25) is 0 Å². The first-order valence-electron chi connectivity index (χ1n) is 5.62. The smallest absolute Gasteiger partial charge is 0.216 e. The normalized spacial score (nSPS) is 8.75. The summed E-state index contributed by atoms with van der Waals surface area (Å²) in [5.41, 5.74) is 2.82. The summed E-state index contributed by atoms with van der Waals surface area (Å²) in [7, 11) is 0. The summed E-state index contributed by atoms with van der Waals surface area (Å²) in [6, 6.07) is 2.00. The maximum atomic E-state index is 5.39. The van der Waals surface area contributed by atoms with E-state index >= 15 is 0 Å².